The number of halogens is 1. The minimum atomic E-state index is -0.131. The van der Waals surface area contributed by atoms with E-state index in [9.17, 15) is 4.79 Å². The molecule has 0 aliphatic rings. The Morgan fingerprint density at radius 2 is 1.55 bits per heavy atom. The van der Waals surface area contributed by atoms with Gasteiger partial charge in [-0.05, 0) is 42.8 Å². The van der Waals surface area contributed by atoms with Crippen molar-refractivity contribution in [2.75, 3.05) is 21.3 Å². The number of ketones is 1. The van der Waals surface area contributed by atoms with Gasteiger partial charge in [0.05, 0.1) is 21.3 Å². The SMILES string of the molecule is COc1cc(C(=O)c2ccc(Cl)cc2C)cc(OC)c1OC. The zero-order valence-corrected chi connectivity index (χ0v) is 13.7. The summed E-state index contributed by atoms with van der Waals surface area (Å²) in [6.07, 6.45) is 0. The van der Waals surface area contributed by atoms with Crippen molar-refractivity contribution in [1.29, 1.82) is 0 Å². The molecule has 116 valence electrons. The minimum Gasteiger partial charge on any atom is -0.493 e. The van der Waals surface area contributed by atoms with Gasteiger partial charge in [0, 0.05) is 16.1 Å². The maximum atomic E-state index is 12.7. The third-order valence-electron chi connectivity index (χ3n) is 3.36. The van der Waals surface area contributed by atoms with Crippen molar-refractivity contribution < 1.29 is 19.0 Å². The molecule has 0 saturated heterocycles. The van der Waals surface area contributed by atoms with Gasteiger partial charge in [-0.1, -0.05) is 11.6 Å². The van der Waals surface area contributed by atoms with Gasteiger partial charge in [0.2, 0.25) is 5.75 Å². The van der Waals surface area contributed by atoms with Gasteiger partial charge in [-0.2, -0.15) is 0 Å². The van der Waals surface area contributed by atoms with Crippen LogP contribution in [0.5, 0.6) is 17.2 Å². The van der Waals surface area contributed by atoms with Gasteiger partial charge in [0.1, 0.15) is 0 Å². The van der Waals surface area contributed by atoms with Crippen LogP contribution in [0.25, 0.3) is 0 Å². The molecule has 0 unspecified atom stereocenters. The van der Waals surface area contributed by atoms with E-state index in [4.69, 9.17) is 25.8 Å². The first-order valence-electron chi connectivity index (χ1n) is 6.62. The number of carbonyl (C=O) groups is 1. The number of rotatable bonds is 5. The van der Waals surface area contributed by atoms with E-state index in [0.29, 0.717) is 33.4 Å². The van der Waals surface area contributed by atoms with Gasteiger partial charge in [-0.3, -0.25) is 4.79 Å². The zero-order chi connectivity index (χ0) is 16.3. The fourth-order valence-electron chi connectivity index (χ4n) is 2.25. The molecular weight excluding hydrogens is 304 g/mol. The Morgan fingerprint density at radius 1 is 0.955 bits per heavy atom. The van der Waals surface area contributed by atoms with E-state index in [2.05, 4.69) is 0 Å². The van der Waals surface area contributed by atoms with Gasteiger partial charge >= 0.3 is 0 Å². The quantitative estimate of drug-likeness (QED) is 0.784. The molecule has 0 saturated carbocycles. The molecule has 4 nitrogen and oxygen atoms in total. The van der Waals surface area contributed by atoms with Crippen LogP contribution < -0.4 is 14.2 Å². The summed E-state index contributed by atoms with van der Waals surface area (Å²) in [5.41, 5.74) is 1.85. The monoisotopic (exact) mass is 320 g/mol. The average molecular weight is 321 g/mol. The largest absolute Gasteiger partial charge is 0.493 e. The lowest BCUT2D eigenvalue weighted by molar-refractivity contribution is 0.103. The van der Waals surface area contributed by atoms with Crippen LogP contribution in [0.2, 0.25) is 5.02 Å². The van der Waals surface area contributed by atoms with E-state index in [1.165, 1.54) is 21.3 Å². The molecule has 0 amide bonds. The first kappa shape index (κ1) is 16.2. The van der Waals surface area contributed by atoms with E-state index in [-0.39, 0.29) is 5.78 Å². The molecule has 0 aromatic heterocycles. The number of hydrogen-bond donors (Lipinski definition) is 0. The van der Waals surface area contributed by atoms with Crippen molar-refractivity contribution in [3.8, 4) is 17.2 Å². The summed E-state index contributed by atoms with van der Waals surface area (Å²) in [5.74, 6) is 1.21. The second-order valence-electron chi connectivity index (χ2n) is 4.70. The Bertz CT molecular complexity index is 685. The summed E-state index contributed by atoms with van der Waals surface area (Å²) < 4.78 is 15.8. The van der Waals surface area contributed by atoms with Gasteiger partial charge in [-0.15, -0.1) is 0 Å². The van der Waals surface area contributed by atoms with E-state index in [1.807, 2.05) is 6.92 Å². The van der Waals surface area contributed by atoms with Crippen molar-refractivity contribution in [1.82, 2.24) is 0 Å². The first-order valence-corrected chi connectivity index (χ1v) is 7.00. The van der Waals surface area contributed by atoms with E-state index in [1.54, 1.807) is 30.3 Å². The highest BCUT2D eigenvalue weighted by Gasteiger charge is 2.19. The van der Waals surface area contributed by atoms with Gasteiger partial charge < -0.3 is 14.2 Å². The number of methoxy groups -OCH3 is 3. The van der Waals surface area contributed by atoms with Crippen molar-refractivity contribution >= 4 is 17.4 Å². The van der Waals surface area contributed by atoms with Crippen LogP contribution in [-0.4, -0.2) is 27.1 Å². The Labute approximate surface area is 134 Å². The lowest BCUT2D eigenvalue weighted by Gasteiger charge is -2.14. The summed E-state index contributed by atoms with van der Waals surface area (Å²) in [7, 11) is 4.55. The molecular formula is C17H17ClO4. The van der Waals surface area contributed by atoms with Crippen molar-refractivity contribution in [2.24, 2.45) is 0 Å². The summed E-state index contributed by atoms with van der Waals surface area (Å²) in [6, 6.07) is 8.44. The summed E-state index contributed by atoms with van der Waals surface area (Å²) >= 11 is 5.93. The lowest BCUT2D eigenvalue weighted by Crippen LogP contribution is -2.05. The van der Waals surface area contributed by atoms with Gasteiger partial charge in [0.25, 0.3) is 0 Å². The number of aryl methyl sites for hydroxylation is 1. The van der Waals surface area contributed by atoms with Crippen molar-refractivity contribution in [3.05, 3.63) is 52.0 Å². The molecule has 0 N–H and O–H groups in total. The van der Waals surface area contributed by atoms with Crippen LogP contribution >= 0.6 is 11.6 Å². The zero-order valence-electron chi connectivity index (χ0n) is 12.9. The third-order valence-corrected chi connectivity index (χ3v) is 3.60. The van der Waals surface area contributed by atoms with E-state index >= 15 is 0 Å². The second kappa shape index (κ2) is 6.71. The Morgan fingerprint density at radius 3 is 2.00 bits per heavy atom. The molecule has 0 radical (unpaired) electrons. The molecule has 0 spiro atoms. The van der Waals surface area contributed by atoms with E-state index in [0.717, 1.165) is 5.56 Å². The van der Waals surface area contributed by atoms with Crippen LogP contribution in [0, 0.1) is 6.92 Å². The topological polar surface area (TPSA) is 44.8 Å². The predicted octanol–water partition coefficient (Wildman–Crippen LogP) is 3.91. The first-order chi connectivity index (χ1) is 10.5. The van der Waals surface area contributed by atoms with Gasteiger partial charge in [0.15, 0.2) is 17.3 Å². The molecule has 0 heterocycles. The van der Waals surface area contributed by atoms with Crippen molar-refractivity contribution in [3.63, 3.8) is 0 Å². The number of ether oxygens (including phenoxy) is 3. The van der Waals surface area contributed by atoms with Crippen molar-refractivity contribution in [2.45, 2.75) is 6.92 Å². The lowest BCUT2D eigenvalue weighted by atomic mass is 9.98. The Balaban J connectivity index is 2.54. The predicted molar refractivity (Wildman–Crippen MR) is 85.7 cm³/mol. The highest BCUT2D eigenvalue weighted by Crippen LogP contribution is 2.38. The normalized spacial score (nSPS) is 10.2. The van der Waals surface area contributed by atoms with Crippen LogP contribution in [0.1, 0.15) is 21.5 Å². The molecule has 0 fully saturated rings. The summed E-state index contributed by atoms with van der Waals surface area (Å²) in [6.45, 7) is 1.84. The number of carbonyl (C=O) groups excluding carboxylic acids is 1. The molecule has 5 heteroatoms. The third kappa shape index (κ3) is 3.02. The molecule has 0 aliphatic carbocycles. The summed E-state index contributed by atoms with van der Waals surface area (Å²) in [5, 5.41) is 0.596. The molecule has 0 aliphatic heterocycles. The molecule has 2 rings (SSSR count). The molecule has 2 aromatic rings. The molecule has 22 heavy (non-hydrogen) atoms. The fourth-order valence-corrected chi connectivity index (χ4v) is 2.48. The number of benzene rings is 2. The maximum Gasteiger partial charge on any atom is 0.203 e. The maximum absolute atomic E-state index is 12.7. The standard InChI is InChI=1S/C17H17ClO4/c1-10-7-12(18)5-6-13(10)16(19)11-8-14(20-2)17(22-4)15(9-11)21-3/h5-9H,1-4H3. The smallest absolute Gasteiger partial charge is 0.203 e. The molecule has 0 atom stereocenters. The number of hydrogen-bond acceptors (Lipinski definition) is 4. The second-order valence-corrected chi connectivity index (χ2v) is 5.14. The highest BCUT2D eigenvalue weighted by atomic mass is 35.5. The Kier molecular flexibility index (Phi) is 4.93. The van der Waals surface area contributed by atoms with Crippen LogP contribution in [-0.2, 0) is 0 Å². The Hall–Kier alpha value is -2.20. The van der Waals surface area contributed by atoms with Crippen LogP contribution in [0.3, 0.4) is 0 Å². The van der Waals surface area contributed by atoms with E-state index < -0.39 is 0 Å². The average Bonchev–Trinajstić information content (AvgIpc) is 2.52. The molecule has 2 aromatic carbocycles. The van der Waals surface area contributed by atoms with Crippen LogP contribution in [0.4, 0.5) is 0 Å². The van der Waals surface area contributed by atoms with Crippen LogP contribution in [0.15, 0.2) is 30.3 Å². The fraction of sp³-hybridized carbons (Fsp3) is 0.235. The summed E-state index contributed by atoms with van der Waals surface area (Å²) in [4.78, 5) is 12.7. The molecule has 0 bridgehead atoms. The minimum absolute atomic E-state index is 0.131. The van der Waals surface area contributed by atoms with Gasteiger partial charge in [-0.25, -0.2) is 0 Å². The highest BCUT2D eigenvalue weighted by molar-refractivity contribution is 6.30.